The highest BCUT2D eigenvalue weighted by Crippen LogP contribution is 2.20. The van der Waals surface area contributed by atoms with Crippen LogP contribution in [0.2, 0.25) is 5.15 Å². The summed E-state index contributed by atoms with van der Waals surface area (Å²) < 4.78 is 14.1. The highest BCUT2D eigenvalue weighted by molar-refractivity contribution is 6.33. The van der Waals surface area contributed by atoms with Crippen molar-refractivity contribution < 1.29 is 9.18 Å². The molecule has 1 aromatic heterocycles. The average molecular weight is 239 g/mol. The maximum Gasteiger partial charge on any atom is 0.164 e. The van der Waals surface area contributed by atoms with E-state index in [1.54, 1.807) is 0 Å². The van der Waals surface area contributed by atoms with Crippen LogP contribution in [0.3, 0.4) is 0 Å². The fourth-order valence-electron chi connectivity index (χ4n) is 1.33. The molecule has 0 saturated heterocycles. The summed E-state index contributed by atoms with van der Waals surface area (Å²) in [5.41, 5.74) is 0.963. The van der Waals surface area contributed by atoms with Crippen LogP contribution in [-0.4, -0.2) is 15.6 Å². The van der Waals surface area contributed by atoms with Crippen LogP contribution >= 0.6 is 11.6 Å². The molecule has 0 aliphatic carbocycles. The van der Waals surface area contributed by atoms with Crippen molar-refractivity contribution in [3.63, 3.8) is 0 Å². The first-order valence-corrected chi connectivity index (χ1v) is 4.98. The first-order chi connectivity index (χ1) is 7.59. The van der Waals surface area contributed by atoms with Crippen molar-refractivity contribution in [2.45, 2.75) is 6.92 Å². The number of hydrogen-bond donors (Lipinski definition) is 0. The monoisotopic (exact) mass is 238 g/mol. The summed E-state index contributed by atoms with van der Waals surface area (Å²) in [5, 5.41) is 4.21. The van der Waals surface area contributed by atoms with Gasteiger partial charge in [0.05, 0.1) is 17.4 Å². The number of Topliss-reactive ketones (excluding diaryl/α,β-unsaturated/α-hetero) is 1. The van der Waals surface area contributed by atoms with Gasteiger partial charge in [0, 0.05) is 0 Å². The van der Waals surface area contributed by atoms with Crippen LogP contribution in [0.4, 0.5) is 4.39 Å². The lowest BCUT2D eigenvalue weighted by molar-refractivity contribution is 0.101. The number of halogens is 2. The van der Waals surface area contributed by atoms with Gasteiger partial charge in [0.25, 0.3) is 0 Å². The Morgan fingerprint density at radius 3 is 2.50 bits per heavy atom. The smallest absolute Gasteiger partial charge is 0.164 e. The SMILES string of the molecule is CC(=O)c1cnn(-c2ccc(F)cc2)c1Cl. The lowest BCUT2D eigenvalue weighted by Gasteiger charge is -2.02. The molecule has 0 saturated carbocycles. The van der Waals surface area contributed by atoms with Crippen LogP contribution in [0.25, 0.3) is 5.69 Å². The molecule has 0 aliphatic rings. The Kier molecular flexibility index (Phi) is 2.75. The average Bonchev–Trinajstić information content (AvgIpc) is 2.61. The summed E-state index contributed by atoms with van der Waals surface area (Å²) in [6.07, 6.45) is 1.40. The predicted molar refractivity (Wildman–Crippen MR) is 58.5 cm³/mol. The van der Waals surface area contributed by atoms with E-state index in [1.165, 1.54) is 42.1 Å². The van der Waals surface area contributed by atoms with E-state index in [4.69, 9.17) is 11.6 Å². The molecule has 0 spiro atoms. The zero-order chi connectivity index (χ0) is 11.7. The van der Waals surface area contributed by atoms with Gasteiger partial charge in [-0.1, -0.05) is 11.6 Å². The molecule has 0 unspecified atom stereocenters. The van der Waals surface area contributed by atoms with Gasteiger partial charge < -0.3 is 0 Å². The third-order valence-electron chi connectivity index (χ3n) is 2.16. The van der Waals surface area contributed by atoms with Crippen molar-refractivity contribution in [2.75, 3.05) is 0 Å². The molecule has 0 amide bonds. The fourth-order valence-corrected chi connectivity index (χ4v) is 1.66. The van der Waals surface area contributed by atoms with Crippen LogP contribution in [0, 0.1) is 5.82 Å². The van der Waals surface area contributed by atoms with Gasteiger partial charge in [-0.15, -0.1) is 0 Å². The molecule has 3 nitrogen and oxygen atoms in total. The van der Waals surface area contributed by atoms with E-state index in [1.807, 2.05) is 0 Å². The number of carbonyl (C=O) groups is 1. The van der Waals surface area contributed by atoms with E-state index in [0.717, 1.165) is 0 Å². The van der Waals surface area contributed by atoms with Gasteiger partial charge in [-0.25, -0.2) is 9.07 Å². The molecule has 5 heteroatoms. The molecule has 2 rings (SSSR count). The molecule has 0 fully saturated rings. The van der Waals surface area contributed by atoms with Crippen LogP contribution in [0.5, 0.6) is 0 Å². The van der Waals surface area contributed by atoms with Crippen molar-refractivity contribution in [3.05, 3.63) is 47.0 Å². The Hall–Kier alpha value is -1.68. The molecular formula is C11H8ClFN2O. The summed E-state index contributed by atoms with van der Waals surface area (Å²) >= 11 is 5.98. The standard InChI is InChI=1S/C11H8ClFN2O/c1-7(16)10-6-14-15(11(10)12)9-4-2-8(13)3-5-9/h2-6H,1H3. The van der Waals surface area contributed by atoms with Crippen molar-refractivity contribution in [1.29, 1.82) is 0 Å². The molecule has 0 radical (unpaired) electrons. The van der Waals surface area contributed by atoms with Crippen molar-refractivity contribution >= 4 is 17.4 Å². The number of hydrogen-bond acceptors (Lipinski definition) is 2. The molecule has 0 N–H and O–H groups in total. The first-order valence-electron chi connectivity index (χ1n) is 4.60. The molecule has 2 aromatic rings. The van der Waals surface area contributed by atoms with E-state index in [9.17, 15) is 9.18 Å². The normalized spacial score (nSPS) is 10.4. The van der Waals surface area contributed by atoms with Crippen LogP contribution in [0.1, 0.15) is 17.3 Å². The molecule has 16 heavy (non-hydrogen) atoms. The Bertz CT molecular complexity index is 533. The summed E-state index contributed by atoms with van der Waals surface area (Å²) in [7, 11) is 0. The number of rotatable bonds is 2. The second kappa shape index (κ2) is 4.06. The van der Waals surface area contributed by atoms with E-state index >= 15 is 0 Å². The molecule has 1 aromatic carbocycles. The van der Waals surface area contributed by atoms with Crippen LogP contribution in [0.15, 0.2) is 30.5 Å². The predicted octanol–water partition coefficient (Wildman–Crippen LogP) is 2.87. The number of nitrogens with zero attached hydrogens (tertiary/aromatic N) is 2. The first kappa shape index (κ1) is 10.8. The van der Waals surface area contributed by atoms with Gasteiger partial charge in [-0.2, -0.15) is 5.10 Å². The van der Waals surface area contributed by atoms with Gasteiger partial charge >= 0.3 is 0 Å². The maximum absolute atomic E-state index is 12.7. The minimum Gasteiger partial charge on any atom is -0.294 e. The van der Waals surface area contributed by atoms with Crippen LogP contribution < -0.4 is 0 Å². The minimum absolute atomic E-state index is 0.154. The summed E-state index contributed by atoms with van der Waals surface area (Å²) in [6, 6.07) is 5.69. The summed E-state index contributed by atoms with van der Waals surface area (Å²) in [5.74, 6) is -0.489. The van der Waals surface area contributed by atoms with Crippen molar-refractivity contribution in [1.82, 2.24) is 9.78 Å². The Morgan fingerprint density at radius 2 is 2.00 bits per heavy atom. The van der Waals surface area contributed by atoms with Crippen molar-refractivity contribution in [3.8, 4) is 5.69 Å². The Balaban J connectivity index is 2.49. The number of benzene rings is 1. The number of carbonyl (C=O) groups excluding carboxylic acids is 1. The number of aromatic nitrogens is 2. The molecule has 0 bridgehead atoms. The third kappa shape index (κ3) is 1.84. The lowest BCUT2D eigenvalue weighted by atomic mass is 10.2. The van der Waals surface area contributed by atoms with Gasteiger partial charge in [-0.05, 0) is 31.2 Å². The largest absolute Gasteiger partial charge is 0.294 e. The Morgan fingerprint density at radius 1 is 1.38 bits per heavy atom. The minimum atomic E-state index is -0.334. The highest BCUT2D eigenvalue weighted by atomic mass is 35.5. The highest BCUT2D eigenvalue weighted by Gasteiger charge is 2.13. The maximum atomic E-state index is 12.7. The molecule has 0 atom stereocenters. The molecule has 82 valence electrons. The second-order valence-corrected chi connectivity index (χ2v) is 3.65. The van der Waals surface area contributed by atoms with Gasteiger partial charge in [0.2, 0.25) is 0 Å². The van der Waals surface area contributed by atoms with E-state index in [-0.39, 0.29) is 16.8 Å². The lowest BCUT2D eigenvalue weighted by Crippen LogP contribution is -1.97. The van der Waals surface area contributed by atoms with E-state index < -0.39 is 0 Å². The molecule has 0 aliphatic heterocycles. The quantitative estimate of drug-likeness (QED) is 0.754. The summed E-state index contributed by atoms with van der Waals surface area (Å²) in [4.78, 5) is 11.2. The van der Waals surface area contributed by atoms with E-state index in [2.05, 4.69) is 5.10 Å². The summed E-state index contributed by atoms with van der Waals surface area (Å²) in [6.45, 7) is 1.41. The Labute approximate surface area is 96.5 Å². The van der Waals surface area contributed by atoms with Gasteiger partial charge in [-0.3, -0.25) is 4.79 Å². The fraction of sp³-hybridized carbons (Fsp3) is 0.0909. The van der Waals surface area contributed by atoms with Gasteiger partial charge in [0.15, 0.2) is 5.78 Å². The zero-order valence-corrected chi connectivity index (χ0v) is 9.20. The van der Waals surface area contributed by atoms with Crippen molar-refractivity contribution in [2.24, 2.45) is 0 Å². The topological polar surface area (TPSA) is 34.9 Å². The molecular weight excluding hydrogens is 231 g/mol. The zero-order valence-electron chi connectivity index (χ0n) is 8.45. The molecule has 1 heterocycles. The van der Waals surface area contributed by atoms with Gasteiger partial charge in [0.1, 0.15) is 11.0 Å². The van der Waals surface area contributed by atoms with E-state index in [0.29, 0.717) is 11.3 Å². The number of ketones is 1. The third-order valence-corrected chi connectivity index (χ3v) is 2.52. The van der Waals surface area contributed by atoms with Crippen LogP contribution in [-0.2, 0) is 0 Å². The second-order valence-electron chi connectivity index (χ2n) is 3.29.